The summed E-state index contributed by atoms with van der Waals surface area (Å²) in [5.41, 5.74) is 1.30. The number of hydrogen-bond donors (Lipinski definition) is 1. The van der Waals surface area contributed by atoms with Gasteiger partial charge in [0.1, 0.15) is 0 Å². The fourth-order valence-corrected chi connectivity index (χ4v) is 3.52. The number of nitro benzene ring substituents is 1. The van der Waals surface area contributed by atoms with Crippen LogP contribution in [-0.4, -0.2) is 32.8 Å². The first-order valence-corrected chi connectivity index (χ1v) is 8.17. The second kappa shape index (κ2) is 5.88. The molecule has 1 fully saturated rings. The van der Waals surface area contributed by atoms with E-state index in [0.29, 0.717) is 11.6 Å². The number of hydrogen-bond acceptors (Lipinski definition) is 7. The standard InChI is InChI=1S/C13H16N4O3S/c1-21-9-4-2-8(3-5-9)14-10-6-7-11(17(18)19)13-12(10)15-20-16-13/h6-9,14H,2-5H2,1H3. The lowest BCUT2D eigenvalue weighted by molar-refractivity contribution is -0.383. The van der Waals surface area contributed by atoms with Gasteiger partial charge in [-0.3, -0.25) is 10.1 Å². The molecule has 0 unspecified atom stereocenters. The third kappa shape index (κ3) is 2.80. The van der Waals surface area contributed by atoms with Crippen LogP contribution in [0.4, 0.5) is 11.4 Å². The molecule has 7 nitrogen and oxygen atoms in total. The Kier molecular flexibility index (Phi) is 3.96. The highest BCUT2D eigenvalue weighted by molar-refractivity contribution is 7.99. The van der Waals surface area contributed by atoms with E-state index in [9.17, 15) is 10.1 Å². The normalized spacial score (nSPS) is 22.3. The van der Waals surface area contributed by atoms with E-state index in [1.165, 1.54) is 18.9 Å². The molecular formula is C13H16N4O3S. The lowest BCUT2D eigenvalue weighted by atomic mass is 9.94. The van der Waals surface area contributed by atoms with Gasteiger partial charge in [0.05, 0.1) is 10.6 Å². The van der Waals surface area contributed by atoms with Gasteiger partial charge in [-0.15, -0.1) is 0 Å². The summed E-state index contributed by atoms with van der Waals surface area (Å²) < 4.78 is 4.67. The molecule has 1 aromatic carbocycles. The monoisotopic (exact) mass is 308 g/mol. The smallest absolute Gasteiger partial charge is 0.300 e. The summed E-state index contributed by atoms with van der Waals surface area (Å²) in [5, 5.41) is 22.6. The van der Waals surface area contributed by atoms with Gasteiger partial charge >= 0.3 is 5.69 Å². The maximum absolute atomic E-state index is 11.0. The summed E-state index contributed by atoms with van der Waals surface area (Å²) in [6.07, 6.45) is 6.71. The van der Waals surface area contributed by atoms with Crippen molar-refractivity contribution < 1.29 is 9.55 Å². The highest BCUT2D eigenvalue weighted by Crippen LogP contribution is 2.32. The Labute approximate surface area is 125 Å². The van der Waals surface area contributed by atoms with Crippen LogP contribution in [0.2, 0.25) is 0 Å². The molecule has 2 aromatic rings. The van der Waals surface area contributed by atoms with Crippen LogP contribution in [0.5, 0.6) is 0 Å². The minimum Gasteiger partial charge on any atom is -0.380 e. The molecule has 0 amide bonds. The molecule has 1 aromatic heterocycles. The zero-order valence-electron chi connectivity index (χ0n) is 11.6. The lowest BCUT2D eigenvalue weighted by Gasteiger charge is -2.28. The van der Waals surface area contributed by atoms with Gasteiger partial charge in [0.25, 0.3) is 0 Å². The van der Waals surface area contributed by atoms with Gasteiger partial charge in [0.2, 0.25) is 5.52 Å². The number of nitro groups is 1. The molecule has 0 spiro atoms. The van der Waals surface area contributed by atoms with Crippen LogP contribution >= 0.6 is 11.8 Å². The molecule has 1 heterocycles. The van der Waals surface area contributed by atoms with E-state index in [-0.39, 0.29) is 11.2 Å². The number of nitrogens with one attached hydrogen (secondary N) is 1. The third-order valence-corrected chi connectivity index (χ3v) is 5.10. The fraction of sp³-hybridized carbons (Fsp3) is 0.538. The van der Waals surface area contributed by atoms with Gasteiger partial charge in [0.15, 0.2) is 5.52 Å². The minimum atomic E-state index is -0.472. The summed E-state index contributed by atoms with van der Waals surface area (Å²) >= 11 is 1.92. The molecule has 0 aliphatic heterocycles. The van der Waals surface area contributed by atoms with Crippen LogP contribution in [0, 0.1) is 10.1 Å². The molecule has 112 valence electrons. The largest absolute Gasteiger partial charge is 0.380 e. The van der Waals surface area contributed by atoms with E-state index in [2.05, 4.69) is 26.5 Å². The first-order chi connectivity index (χ1) is 10.2. The number of aromatic nitrogens is 2. The van der Waals surface area contributed by atoms with Gasteiger partial charge in [-0.05, 0) is 48.3 Å². The van der Waals surface area contributed by atoms with Crippen molar-refractivity contribution in [3.8, 4) is 0 Å². The zero-order valence-corrected chi connectivity index (χ0v) is 12.4. The summed E-state index contributed by atoms with van der Waals surface area (Å²) in [6.45, 7) is 0. The van der Waals surface area contributed by atoms with Gasteiger partial charge in [-0.1, -0.05) is 0 Å². The number of rotatable bonds is 4. The van der Waals surface area contributed by atoms with Crippen LogP contribution in [0.3, 0.4) is 0 Å². The van der Waals surface area contributed by atoms with Crippen molar-refractivity contribution >= 4 is 34.2 Å². The molecule has 0 saturated heterocycles. The molecule has 1 saturated carbocycles. The summed E-state index contributed by atoms with van der Waals surface area (Å²) in [4.78, 5) is 10.5. The SMILES string of the molecule is CSC1CCC(Nc2ccc([N+](=O)[O-])c3nonc23)CC1. The number of non-ortho nitro benzene ring substituents is 1. The number of nitrogens with zero attached hydrogens (tertiary/aromatic N) is 3. The second-order valence-electron chi connectivity index (χ2n) is 5.20. The lowest BCUT2D eigenvalue weighted by Crippen LogP contribution is -2.27. The number of thioether (sulfide) groups is 1. The Bertz CT molecular complexity index is 652. The van der Waals surface area contributed by atoms with E-state index in [1.54, 1.807) is 6.07 Å². The van der Waals surface area contributed by atoms with E-state index >= 15 is 0 Å². The first-order valence-electron chi connectivity index (χ1n) is 6.88. The van der Waals surface area contributed by atoms with Crippen molar-refractivity contribution in [2.24, 2.45) is 0 Å². The van der Waals surface area contributed by atoms with Crippen LogP contribution < -0.4 is 5.32 Å². The quantitative estimate of drug-likeness (QED) is 0.684. The summed E-state index contributed by atoms with van der Waals surface area (Å²) in [5.74, 6) is 0. The van der Waals surface area contributed by atoms with Crippen LogP contribution in [0.25, 0.3) is 11.0 Å². The second-order valence-corrected chi connectivity index (χ2v) is 6.34. The van der Waals surface area contributed by atoms with Crippen molar-refractivity contribution in [1.29, 1.82) is 0 Å². The van der Waals surface area contributed by atoms with E-state index in [1.807, 2.05) is 11.8 Å². The zero-order chi connectivity index (χ0) is 14.8. The molecule has 0 radical (unpaired) electrons. The average molecular weight is 308 g/mol. The Hall–Kier alpha value is -1.83. The van der Waals surface area contributed by atoms with E-state index < -0.39 is 4.92 Å². The topological polar surface area (TPSA) is 94.1 Å². The van der Waals surface area contributed by atoms with Crippen molar-refractivity contribution in [2.75, 3.05) is 11.6 Å². The van der Waals surface area contributed by atoms with Crippen LogP contribution in [0.1, 0.15) is 25.7 Å². The molecule has 1 N–H and O–H groups in total. The molecule has 0 bridgehead atoms. The van der Waals surface area contributed by atoms with Crippen LogP contribution in [-0.2, 0) is 0 Å². The van der Waals surface area contributed by atoms with Crippen molar-refractivity contribution in [2.45, 2.75) is 37.0 Å². The van der Waals surface area contributed by atoms with Gasteiger partial charge in [-0.2, -0.15) is 11.8 Å². The molecule has 1 aliphatic carbocycles. The predicted molar refractivity (Wildman–Crippen MR) is 81.6 cm³/mol. The fourth-order valence-electron chi connectivity index (χ4n) is 2.78. The van der Waals surface area contributed by atoms with Gasteiger partial charge < -0.3 is 5.32 Å². The predicted octanol–water partition coefficient (Wildman–Crippen LogP) is 3.22. The van der Waals surface area contributed by atoms with E-state index in [4.69, 9.17) is 0 Å². The molecule has 8 heteroatoms. The number of fused-ring (bicyclic) bond motifs is 1. The Morgan fingerprint density at radius 2 is 2.00 bits per heavy atom. The highest BCUT2D eigenvalue weighted by atomic mass is 32.2. The maximum Gasteiger partial charge on any atom is 0.300 e. The van der Waals surface area contributed by atoms with Gasteiger partial charge in [0, 0.05) is 17.4 Å². The number of anilines is 1. The molecule has 3 rings (SSSR count). The van der Waals surface area contributed by atoms with Crippen molar-refractivity contribution in [3.05, 3.63) is 22.2 Å². The summed E-state index contributed by atoms with van der Waals surface area (Å²) in [6, 6.07) is 3.50. The first kappa shape index (κ1) is 14.1. The third-order valence-electron chi connectivity index (χ3n) is 3.96. The maximum atomic E-state index is 11.0. The van der Waals surface area contributed by atoms with Crippen molar-refractivity contribution in [3.63, 3.8) is 0 Å². The van der Waals surface area contributed by atoms with E-state index in [0.717, 1.165) is 23.8 Å². The number of benzene rings is 1. The Balaban J connectivity index is 1.81. The Morgan fingerprint density at radius 3 is 2.67 bits per heavy atom. The highest BCUT2D eigenvalue weighted by Gasteiger charge is 2.23. The van der Waals surface area contributed by atoms with Crippen molar-refractivity contribution in [1.82, 2.24) is 10.3 Å². The van der Waals surface area contributed by atoms with Gasteiger partial charge in [-0.25, -0.2) is 4.63 Å². The molecular weight excluding hydrogens is 292 g/mol. The summed E-state index contributed by atoms with van der Waals surface area (Å²) in [7, 11) is 0. The molecule has 21 heavy (non-hydrogen) atoms. The Morgan fingerprint density at radius 1 is 1.29 bits per heavy atom. The average Bonchev–Trinajstić information content (AvgIpc) is 2.98. The molecule has 0 atom stereocenters. The van der Waals surface area contributed by atoms with Crippen LogP contribution in [0.15, 0.2) is 16.8 Å². The molecule has 1 aliphatic rings. The minimum absolute atomic E-state index is 0.0807.